The summed E-state index contributed by atoms with van der Waals surface area (Å²) in [5.41, 5.74) is 1.98. The van der Waals surface area contributed by atoms with Crippen LogP contribution in [0.25, 0.3) is 0 Å². The fraction of sp³-hybridized carbons (Fsp3) is 0.552. The molecule has 1 aliphatic heterocycles. The summed E-state index contributed by atoms with van der Waals surface area (Å²) in [6.45, 7) is 5.09. The Balaban J connectivity index is 0. The molecular formula is C29H44K2N2O13S4. The molecule has 2 aromatic carbocycles. The Morgan fingerprint density at radius 3 is 1.36 bits per heavy atom. The number of aryl methyl sites for hydroxylation is 2. The third-order valence-electron chi connectivity index (χ3n) is 8.06. The van der Waals surface area contributed by atoms with Gasteiger partial charge in [-0.2, -0.15) is 21.1 Å². The average Bonchev–Trinajstić information content (AvgIpc) is 2.90. The first kappa shape index (κ1) is 50.8. The van der Waals surface area contributed by atoms with Crippen LogP contribution in [0.1, 0.15) is 51.1 Å². The van der Waals surface area contributed by atoms with Crippen LogP contribution in [-0.2, 0) is 58.3 Å². The van der Waals surface area contributed by atoms with Gasteiger partial charge in [0.15, 0.2) is 0 Å². The molecule has 1 heterocycles. The van der Waals surface area contributed by atoms with Crippen molar-refractivity contribution in [2.75, 3.05) is 38.8 Å². The molecule has 5 rings (SSSR count). The standard InChI is InChI=1S/C13H17NO2S.C8H16O6S2.C7H9NO2S.CH2O3.2K.H/c1-11-3-5-12(6-4-11)17(15,16)14-9-13(10-14)7-2-8-13;1-15(9,10)13-6-8(4-3-5-8)7-14-16(2,11)12;1-6-2-4-7(5-3-6)11(8,9)10;2-1-4-3;;;/h3-6H,2,7-10H2,1H3;3-7H2,1-2H3;2-5H,1H3,(H2,8,9,10);1,3H;;;/q;;;;2*+1;-1/p-1. The molecule has 0 unspecified atom stereocenters. The van der Waals surface area contributed by atoms with Crippen LogP contribution in [0.2, 0.25) is 0 Å². The normalized spacial score (nSPS) is 17.3. The Kier molecular flexibility index (Phi) is 22.1. The van der Waals surface area contributed by atoms with E-state index in [1.165, 1.54) is 31.4 Å². The van der Waals surface area contributed by atoms with Crippen LogP contribution in [0.3, 0.4) is 0 Å². The number of hydrogen-bond donors (Lipinski definition) is 1. The topological polar surface area (TPSA) is 234 Å². The van der Waals surface area contributed by atoms with Gasteiger partial charge in [-0.25, -0.2) is 22.0 Å². The van der Waals surface area contributed by atoms with Crippen molar-refractivity contribution in [2.24, 2.45) is 16.0 Å². The maximum Gasteiger partial charge on any atom is 1.00 e. The molecule has 15 nitrogen and oxygen atoms in total. The number of carbonyl (C=O) groups is 1. The molecular weight excluding hydrogens is 791 g/mol. The zero-order valence-electron chi connectivity index (χ0n) is 30.2. The van der Waals surface area contributed by atoms with Crippen LogP contribution in [0.5, 0.6) is 0 Å². The minimum Gasteiger partial charge on any atom is -1.00 e. The zero-order chi connectivity index (χ0) is 36.4. The molecule has 0 atom stereocenters. The summed E-state index contributed by atoms with van der Waals surface area (Å²) in [6.07, 6.45) is 7.97. The van der Waals surface area contributed by atoms with Crippen molar-refractivity contribution in [3.8, 4) is 0 Å². The Labute approximate surface area is 383 Å². The third kappa shape index (κ3) is 17.5. The Hall–Kier alpha value is 0.783. The van der Waals surface area contributed by atoms with Gasteiger partial charge < -0.3 is 11.6 Å². The van der Waals surface area contributed by atoms with Crippen LogP contribution >= 0.6 is 0 Å². The number of nitrogens with zero attached hydrogens (tertiary/aromatic N) is 1. The summed E-state index contributed by atoms with van der Waals surface area (Å²) in [5.74, 6) is 0. The minimum absolute atomic E-state index is 0. The predicted octanol–water partition coefficient (Wildman–Crippen LogP) is -4.52. The average molecular weight is 835 g/mol. The van der Waals surface area contributed by atoms with Crippen LogP contribution in [0.4, 0.5) is 0 Å². The number of hydrogen-bond acceptors (Lipinski definition) is 13. The van der Waals surface area contributed by atoms with Crippen molar-refractivity contribution in [1.82, 2.24) is 4.31 Å². The summed E-state index contributed by atoms with van der Waals surface area (Å²) in [4.78, 5) is 11.8. The van der Waals surface area contributed by atoms with Gasteiger partial charge in [-0.15, -0.1) is 0 Å². The monoisotopic (exact) mass is 834 g/mol. The summed E-state index contributed by atoms with van der Waals surface area (Å²) in [6, 6.07) is 13.5. The van der Waals surface area contributed by atoms with E-state index in [1.54, 1.807) is 28.6 Å². The molecule has 2 saturated carbocycles. The fourth-order valence-corrected chi connectivity index (χ4v) is 8.03. The molecule has 0 bridgehead atoms. The fourth-order valence-electron chi connectivity index (χ4n) is 4.92. The van der Waals surface area contributed by atoms with Crippen LogP contribution in [0.15, 0.2) is 58.3 Å². The van der Waals surface area contributed by atoms with Gasteiger partial charge in [0, 0.05) is 18.5 Å². The van der Waals surface area contributed by atoms with Crippen molar-refractivity contribution in [3.63, 3.8) is 0 Å². The maximum absolute atomic E-state index is 12.3. The number of primary sulfonamides is 1. The van der Waals surface area contributed by atoms with Crippen molar-refractivity contribution < 1.29 is 161 Å². The van der Waals surface area contributed by atoms with E-state index >= 15 is 0 Å². The van der Waals surface area contributed by atoms with E-state index in [0.717, 1.165) is 56.0 Å². The SMILES string of the molecule is CS(=O)(=O)OCC1(COS(C)(=O)=O)CCC1.Cc1ccc(S(=O)(=O)N2CC3(CCC3)C2)cc1.Cc1ccc(S(N)(=O)=O)cc1.O=CO[O-].[H-].[K+].[K+]. The van der Waals surface area contributed by atoms with Gasteiger partial charge in [0.25, 0.3) is 26.7 Å². The van der Waals surface area contributed by atoms with Crippen LogP contribution < -0.4 is 113 Å². The second-order valence-electron chi connectivity index (χ2n) is 12.3. The van der Waals surface area contributed by atoms with Gasteiger partial charge in [0.2, 0.25) is 20.0 Å². The van der Waals surface area contributed by atoms with Gasteiger partial charge in [0.1, 0.15) is 0 Å². The van der Waals surface area contributed by atoms with E-state index in [4.69, 9.17) is 23.6 Å². The molecule has 0 radical (unpaired) electrons. The molecule has 21 heteroatoms. The second kappa shape index (κ2) is 21.8. The summed E-state index contributed by atoms with van der Waals surface area (Å²) in [5, 5.41) is 13.3. The van der Waals surface area contributed by atoms with Gasteiger partial charge in [-0.05, 0) is 69.2 Å². The minimum atomic E-state index is -3.52. The molecule has 2 N–H and O–H groups in total. The molecule has 274 valence electrons. The number of carbonyl (C=O) groups excluding carboxylic acids is 1. The van der Waals surface area contributed by atoms with Gasteiger partial charge in [-0.1, -0.05) is 48.2 Å². The van der Waals surface area contributed by atoms with Gasteiger partial charge >= 0.3 is 103 Å². The van der Waals surface area contributed by atoms with E-state index in [0.29, 0.717) is 10.3 Å². The van der Waals surface area contributed by atoms with Gasteiger partial charge in [0.05, 0.1) is 35.5 Å². The predicted molar refractivity (Wildman–Crippen MR) is 175 cm³/mol. The first-order valence-electron chi connectivity index (χ1n) is 14.6. The number of nitrogens with two attached hydrogens (primary N) is 1. The molecule has 2 aliphatic carbocycles. The van der Waals surface area contributed by atoms with Crippen LogP contribution in [0, 0.1) is 24.7 Å². The summed E-state index contributed by atoms with van der Waals surface area (Å²) < 4.78 is 100. The number of sulfonamides is 2. The van der Waals surface area contributed by atoms with E-state index in [1.807, 2.05) is 26.0 Å². The first-order chi connectivity index (χ1) is 22.1. The van der Waals surface area contributed by atoms with Crippen molar-refractivity contribution >= 4 is 46.8 Å². The Morgan fingerprint density at radius 1 is 0.740 bits per heavy atom. The molecule has 0 aromatic heterocycles. The largest absolute Gasteiger partial charge is 1.00 e. The van der Waals surface area contributed by atoms with Crippen LogP contribution in [-0.4, -0.2) is 83.3 Å². The molecule has 2 aromatic rings. The van der Waals surface area contributed by atoms with Crippen molar-refractivity contribution in [2.45, 2.75) is 62.2 Å². The van der Waals surface area contributed by atoms with Gasteiger partial charge in [-0.3, -0.25) is 13.2 Å². The Morgan fingerprint density at radius 2 is 1.10 bits per heavy atom. The molecule has 50 heavy (non-hydrogen) atoms. The Bertz CT molecular complexity index is 1760. The second-order valence-corrected chi connectivity index (χ2v) is 19.1. The molecule has 3 fully saturated rings. The third-order valence-corrected chi connectivity index (χ3v) is 11.9. The molecule has 1 spiro atoms. The summed E-state index contributed by atoms with van der Waals surface area (Å²) in [7, 11) is -13.7. The van der Waals surface area contributed by atoms with E-state index in [-0.39, 0.29) is 129 Å². The number of rotatable bonds is 10. The van der Waals surface area contributed by atoms with E-state index < -0.39 is 45.7 Å². The van der Waals surface area contributed by atoms with E-state index in [9.17, 15) is 33.7 Å². The molecule has 1 saturated heterocycles. The van der Waals surface area contributed by atoms with E-state index in [2.05, 4.69) is 4.89 Å². The smallest absolute Gasteiger partial charge is 1.00 e. The molecule has 0 amide bonds. The maximum atomic E-state index is 12.3. The summed E-state index contributed by atoms with van der Waals surface area (Å²) >= 11 is 0. The van der Waals surface area contributed by atoms with Crippen molar-refractivity contribution in [1.29, 1.82) is 0 Å². The van der Waals surface area contributed by atoms with Crippen molar-refractivity contribution in [3.05, 3.63) is 59.7 Å². The quantitative estimate of drug-likeness (QED) is 0.0783. The zero-order valence-corrected chi connectivity index (χ0v) is 38.7. The first-order valence-corrected chi connectivity index (χ1v) is 21.2. The number of benzene rings is 2. The molecule has 3 aliphatic rings.